The van der Waals surface area contributed by atoms with Crippen molar-refractivity contribution in [3.05, 3.63) is 29.8 Å². The van der Waals surface area contributed by atoms with Crippen LogP contribution in [0.2, 0.25) is 0 Å². The minimum Gasteiger partial charge on any atom is -0.381 e. The molecule has 0 amide bonds. The molecule has 0 radical (unpaired) electrons. The van der Waals surface area contributed by atoms with Crippen LogP contribution in [0.25, 0.3) is 0 Å². The Bertz CT molecular complexity index is 371. The molecule has 106 valence electrons. The predicted molar refractivity (Wildman–Crippen MR) is 80.9 cm³/mol. The largest absolute Gasteiger partial charge is 0.381 e. The molecule has 2 unspecified atom stereocenters. The minimum atomic E-state index is 0.498. The van der Waals surface area contributed by atoms with E-state index in [4.69, 9.17) is 4.74 Å². The van der Waals surface area contributed by atoms with E-state index in [1.807, 2.05) is 0 Å². The van der Waals surface area contributed by atoms with E-state index in [0.717, 1.165) is 26.2 Å². The molecule has 1 aromatic rings. The summed E-state index contributed by atoms with van der Waals surface area (Å²) in [7, 11) is 4.22. The van der Waals surface area contributed by atoms with Gasteiger partial charge in [0.2, 0.25) is 0 Å². The number of benzene rings is 1. The zero-order chi connectivity index (χ0) is 13.7. The van der Waals surface area contributed by atoms with Crippen molar-refractivity contribution in [2.75, 3.05) is 38.8 Å². The predicted octanol–water partition coefficient (Wildman–Crippen LogP) is 2.31. The highest BCUT2D eigenvalue weighted by Crippen LogP contribution is 2.20. The average Bonchev–Trinajstić information content (AvgIpc) is 2.98. The molecule has 0 bridgehead atoms. The van der Waals surface area contributed by atoms with Crippen LogP contribution in [-0.2, 0) is 11.2 Å². The summed E-state index contributed by atoms with van der Waals surface area (Å²) in [5.74, 6) is 0.641. The van der Waals surface area contributed by atoms with E-state index < -0.39 is 0 Å². The van der Waals surface area contributed by atoms with Crippen LogP contribution in [0.1, 0.15) is 18.9 Å². The van der Waals surface area contributed by atoms with Crippen LogP contribution in [-0.4, -0.2) is 39.9 Å². The van der Waals surface area contributed by atoms with Gasteiger partial charge in [-0.3, -0.25) is 0 Å². The van der Waals surface area contributed by atoms with Crippen LogP contribution in [0.5, 0.6) is 0 Å². The summed E-state index contributed by atoms with van der Waals surface area (Å²) in [5.41, 5.74) is 2.68. The highest BCUT2D eigenvalue weighted by molar-refractivity contribution is 5.47. The zero-order valence-electron chi connectivity index (χ0n) is 12.4. The molecule has 0 aliphatic carbocycles. The molecule has 3 nitrogen and oxygen atoms in total. The van der Waals surface area contributed by atoms with Gasteiger partial charge in [0.25, 0.3) is 0 Å². The number of nitrogens with zero attached hydrogens (tertiary/aromatic N) is 1. The van der Waals surface area contributed by atoms with Crippen LogP contribution in [0.4, 0.5) is 5.69 Å². The van der Waals surface area contributed by atoms with E-state index in [-0.39, 0.29) is 0 Å². The minimum absolute atomic E-state index is 0.498. The third-order valence-electron chi connectivity index (χ3n) is 4.16. The van der Waals surface area contributed by atoms with Crippen molar-refractivity contribution in [3.8, 4) is 0 Å². The van der Waals surface area contributed by atoms with Gasteiger partial charge in [0.15, 0.2) is 0 Å². The topological polar surface area (TPSA) is 24.5 Å². The maximum atomic E-state index is 5.50. The van der Waals surface area contributed by atoms with Gasteiger partial charge in [-0.2, -0.15) is 0 Å². The van der Waals surface area contributed by atoms with E-state index in [2.05, 4.69) is 55.5 Å². The summed E-state index contributed by atoms with van der Waals surface area (Å²) in [5, 5.41) is 3.45. The van der Waals surface area contributed by atoms with Crippen molar-refractivity contribution >= 4 is 5.69 Å². The molecule has 1 aromatic carbocycles. The molecular weight excluding hydrogens is 236 g/mol. The lowest BCUT2D eigenvalue weighted by molar-refractivity contribution is 0.178. The molecule has 1 aliphatic rings. The molecule has 1 N–H and O–H groups in total. The summed E-state index contributed by atoms with van der Waals surface area (Å²) in [6.07, 6.45) is 2.27. The number of rotatable bonds is 6. The normalized spacial score (nSPS) is 20.5. The van der Waals surface area contributed by atoms with E-state index in [1.165, 1.54) is 17.7 Å². The van der Waals surface area contributed by atoms with Crippen LogP contribution < -0.4 is 10.2 Å². The van der Waals surface area contributed by atoms with Gasteiger partial charge in [-0.1, -0.05) is 19.1 Å². The van der Waals surface area contributed by atoms with E-state index in [1.54, 1.807) is 0 Å². The number of hydrogen-bond donors (Lipinski definition) is 1. The van der Waals surface area contributed by atoms with Gasteiger partial charge in [-0.15, -0.1) is 0 Å². The second-order valence-corrected chi connectivity index (χ2v) is 5.42. The smallest absolute Gasteiger partial charge is 0.0510 e. The monoisotopic (exact) mass is 262 g/mol. The van der Waals surface area contributed by atoms with Crippen molar-refractivity contribution < 1.29 is 4.74 Å². The summed E-state index contributed by atoms with van der Waals surface area (Å²) < 4.78 is 5.50. The van der Waals surface area contributed by atoms with Gasteiger partial charge in [0.1, 0.15) is 0 Å². The lowest BCUT2D eigenvalue weighted by atomic mass is 9.98. The molecule has 3 heteroatoms. The van der Waals surface area contributed by atoms with Crippen LogP contribution >= 0.6 is 0 Å². The number of likely N-dealkylation sites (N-methyl/N-ethyl adjacent to an activating group) is 2. The number of nitrogens with one attached hydrogen (secondary N) is 1. The number of hydrogen-bond acceptors (Lipinski definition) is 3. The molecule has 1 saturated heterocycles. The Morgan fingerprint density at radius 2 is 2.11 bits per heavy atom. The molecule has 0 aromatic heterocycles. The van der Waals surface area contributed by atoms with E-state index in [9.17, 15) is 0 Å². The van der Waals surface area contributed by atoms with E-state index >= 15 is 0 Å². The quantitative estimate of drug-likeness (QED) is 0.851. The first-order valence-electron chi connectivity index (χ1n) is 7.29. The number of anilines is 1. The average molecular weight is 262 g/mol. The van der Waals surface area contributed by atoms with Gasteiger partial charge in [-0.05, 0) is 37.6 Å². The molecule has 2 rings (SSSR count). The zero-order valence-corrected chi connectivity index (χ0v) is 12.4. The lowest BCUT2D eigenvalue weighted by Crippen LogP contribution is -2.43. The Morgan fingerprint density at radius 1 is 1.37 bits per heavy atom. The van der Waals surface area contributed by atoms with Crippen molar-refractivity contribution in [3.63, 3.8) is 0 Å². The Morgan fingerprint density at radius 3 is 2.63 bits per heavy atom. The van der Waals surface area contributed by atoms with Gasteiger partial charge in [0, 0.05) is 37.8 Å². The number of ether oxygens (including phenoxy) is 1. The van der Waals surface area contributed by atoms with E-state index in [0.29, 0.717) is 12.0 Å². The molecular formula is C16H26N2O. The fourth-order valence-corrected chi connectivity index (χ4v) is 2.73. The summed E-state index contributed by atoms with van der Waals surface area (Å²) in [6.45, 7) is 5.03. The Balaban J connectivity index is 1.95. The maximum Gasteiger partial charge on any atom is 0.0510 e. The Kier molecular flexibility index (Phi) is 5.23. The van der Waals surface area contributed by atoms with Crippen molar-refractivity contribution in [2.45, 2.75) is 25.8 Å². The van der Waals surface area contributed by atoms with Gasteiger partial charge >= 0.3 is 0 Å². The third-order valence-corrected chi connectivity index (χ3v) is 4.16. The van der Waals surface area contributed by atoms with Crippen LogP contribution in [0, 0.1) is 5.92 Å². The second-order valence-electron chi connectivity index (χ2n) is 5.42. The Labute approximate surface area is 116 Å². The van der Waals surface area contributed by atoms with Crippen LogP contribution in [0.15, 0.2) is 24.3 Å². The first-order chi connectivity index (χ1) is 9.24. The first kappa shape index (κ1) is 14.4. The van der Waals surface area contributed by atoms with Crippen molar-refractivity contribution in [1.29, 1.82) is 0 Å². The maximum absolute atomic E-state index is 5.50. The SMILES string of the molecule is CCc1ccc(N(C)CC(NC)C2CCOC2)cc1. The van der Waals surface area contributed by atoms with Crippen molar-refractivity contribution in [1.82, 2.24) is 5.32 Å². The lowest BCUT2D eigenvalue weighted by Gasteiger charge is -2.29. The Hall–Kier alpha value is -1.06. The van der Waals surface area contributed by atoms with Crippen LogP contribution in [0.3, 0.4) is 0 Å². The number of aryl methyl sites for hydroxylation is 1. The summed E-state index contributed by atoms with van der Waals surface area (Å²) >= 11 is 0. The molecule has 1 heterocycles. The molecule has 0 saturated carbocycles. The second kappa shape index (κ2) is 6.92. The molecule has 2 atom stereocenters. The standard InChI is InChI=1S/C16H26N2O/c1-4-13-5-7-15(8-6-13)18(3)11-16(17-2)14-9-10-19-12-14/h5-8,14,16-17H,4,9-12H2,1-3H3. The molecule has 1 fully saturated rings. The third kappa shape index (κ3) is 3.71. The molecule has 0 spiro atoms. The van der Waals surface area contributed by atoms with Crippen molar-refractivity contribution in [2.24, 2.45) is 5.92 Å². The van der Waals surface area contributed by atoms with Gasteiger partial charge < -0.3 is 15.0 Å². The summed E-state index contributed by atoms with van der Waals surface area (Å²) in [6, 6.07) is 9.38. The van der Waals surface area contributed by atoms with Gasteiger partial charge in [-0.25, -0.2) is 0 Å². The molecule has 1 aliphatic heterocycles. The fourth-order valence-electron chi connectivity index (χ4n) is 2.73. The highest BCUT2D eigenvalue weighted by atomic mass is 16.5. The molecule has 19 heavy (non-hydrogen) atoms. The van der Waals surface area contributed by atoms with Gasteiger partial charge in [0.05, 0.1) is 6.61 Å². The summed E-state index contributed by atoms with van der Waals surface area (Å²) in [4.78, 5) is 2.33. The highest BCUT2D eigenvalue weighted by Gasteiger charge is 2.25. The fraction of sp³-hybridized carbons (Fsp3) is 0.625. The first-order valence-corrected chi connectivity index (χ1v) is 7.29.